The van der Waals surface area contributed by atoms with E-state index in [1.54, 1.807) is 5.57 Å². The number of aromatic hydroxyl groups is 1. The van der Waals surface area contributed by atoms with Gasteiger partial charge < -0.3 is 14.7 Å². The van der Waals surface area contributed by atoms with Crippen LogP contribution in [0, 0.1) is 23.2 Å². The van der Waals surface area contributed by atoms with Crippen LogP contribution in [-0.4, -0.2) is 42.9 Å². The fourth-order valence-electron chi connectivity index (χ4n) is 7.70. The maximum absolute atomic E-state index is 9.96. The Morgan fingerprint density at radius 2 is 2.13 bits per heavy atom. The minimum Gasteiger partial charge on any atom is -0.508 e. The number of likely N-dealkylation sites (N-methyl/N-ethyl adjacent to an activating group) is 1. The van der Waals surface area contributed by atoms with Gasteiger partial charge in [-0.25, -0.2) is 0 Å². The van der Waals surface area contributed by atoms with E-state index in [1.807, 2.05) is 12.1 Å². The number of nitrogens with zero attached hydrogens (tertiary/aromatic N) is 1. The lowest BCUT2D eigenvalue weighted by Gasteiger charge is -2.52. The van der Waals surface area contributed by atoms with Gasteiger partial charge in [0.05, 0.1) is 13.2 Å². The van der Waals surface area contributed by atoms with Gasteiger partial charge in [-0.3, -0.25) is 0 Å². The zero-order valence-electron chi connectivity index (χ0n) is 19.1. The van der Waals surface area contributed by atoms with Gasteiger partial charge >= 0.3 is 0 Å². The summed E-state index contributed by atoms with van der Waals surface area (Å²) in [5.74, 6) is 3.37. The number of fused-ring (bicyclic) bond motifs is 5. The molecule has 1 saturated heterocycles. The van der Waals surface area contributed by atoms with Crippen LogP contribution in [0.15, 0.2) is 29.8 Å². The molecule has 0 amide bonds. The lowest BCUT2D eigenvalue weighted by molar-refractivity contribution is 0.0481. The number of hydrogen-bond donors (Lipinski definition) is 1. The SMILES string of the molecule is C[C@@H]1Cc2cc(O)ccc2C2CCC3(C)/C(=C/COC[C@@H]4CCCN4C)CCC3C21. The van der Waals surface area contributed by atoms with Crippen molar-refractivity contribution in [2.75, 3.05) is 26.8 Å². The molecule has 0 radical (unpaired) electrons. The maximum Gasteiger partial charge on any atom is 0.115 e. The lowest BCUT2D eigenvalue weighted by Crippen LogP contribution is -2.43. The predicted molar refractivity (Wildman–Crippen MR) is 122 cm³/mol. The minimum absolute atomic E-state index is 0.358. The Hall–Kier alpha value is -1.32. The Morgan fingerprint density at radius 3 is 2.93 bits per heavy atom. The zero-order valence-corrected chi connectivity index (χ0v) is 19.1. The molecule has 3 heteroatoms. The number of phenolic OH excluding ortho intramolecular Hbond substituents is 1. The molecule has 1 aromatic carbocycles. The van der Waals surface area contributed by atoms with Crippen LogP contribution in [0.3, 0.4) is 0 Å². The maximum atomic E-state index is 9.96. The van der Waals surface area contributed by atoms with Gasteiger partial charge in [0.2, 0.25) is 0 Å². The number of hydrogen-bond acceptors (Lipinski definition) is 3. The Balaban J connectivity index is 1.29. The molecule has 1 aliphatic heterocycles. The van der Waals surface area contributed by atoms with Crippen molar-refractivity contribution in [3.63, 3.8) is 0 Å². The summed E-state index contributed by atoms with van der Waals surface area (Å²) in [6.45, 7) is 7.90. The summed E-state index contributed by atoms with van der Waals surface area (Å²) in [5, 5.41) is 9.96. The molecule has 3 fully saturated rings. The molecule has 6 atom stereocenters. The summed E-state index contributed by atoms with van der Waals surface area (Å²) in [4.78, 5) is 2.45. The number of phenols is 1. The van der Waals surface area contributed by atoms with Gasteiger partial charge in [0.1, 0.15) is 5.75 Å². The van der Waals surface area contributed by atoms with Gasteiger partial charge in [0.15, 0.2) is 0 Å². The van der Waals surface area contributed by atoms with Crippen molar-refractivity contribution in [2.45, 2.75) is 70.8 Å². The third-order valence-corrected chi connectivity index (χ3v) is 9.33. The van der Waals surface area contributed by atoms with E-state index >= 15 is 0 Å². The highest BCUT2D eigenvalue weighted by Gasteiger charge is 2.54. The molecule has 0 aromatic heterocycles. The average molecular weight is 410 g/mol. The van der Waals surface area contributed by atoms with Gasteiger partial charge in [-0.1, -0.05) is 31.6 Å². The molecule has 5 rings (SSSR count). The highest BCUT2D eigenvalue weighted by molar-refractivity contribution is 5.41. The van der Waals surface area contributed by atoms with Crippen molar-refractivity contribution >= 4 is 0 Å². The molecule has 1 aromatic rings. The number of rotatable bonds is 4. The van der Waals surface area contributed by atoms with Gasteiger partial charge in [-0.15, -0.1) is 0 Å². The van der Waals surface area contributed by atoms with Gasteiger partial charge in [-0.05, 0) is 111 Å². The van der Waals surface area contributed by atoms with Crippen LogP contribution >= 0.6 is 0 Å². The fourth-order valence-corrected chi connectivity index (χ4v) is 7.70. The second-order valence-corrected chi connectivity index (χ2v) is 10.9. The Kier molecular flexibility index (Phi) is 5.48. The Labute approximate surface area is 182 Å². The monoisotopic (exact) mass is 409 g/mol. The van der Waals surface area contributed by atoms with Crippen LogP contribution in [0.4, 0.5) is 0 Å². The molecule has 3 nitrogen and oxygen atoms in total. The second kappa shape index (κ2) is 7.98. The standard InChI is InChI=1S/C27H39NO2/c1-18-15-19-16-22(29)7-8-23(19)24-10-12-27(2)20(6-9-25(27)26(18)24)11-14-30-17-21-5-4-13-28(21)3/h7-8,11,16,18,21,24-26,29H,4-6,9-10,12-15,17H2,1-3H3/b20-11+/t18-,21+,24?,25?,26?,27?/m1/s1. The smallest absolute Gasteiger partial charge is 0.115 e. The van der Waals surface area contributed by atoms with E-state index in [-0.39, 0.29) is 0 Å². The average Bonchev–Trinajstić information content (AvgIpc) is 3.27. The van der Waals surface area contributed by atoms with Crippen LogP contribution in [0.25, 0.3) is 0 Å². The van der Waals surface area contributed by atoms with Crippen LogP contribution in [0.2, 0.25) is 0 Å². The van der Waals surface area contributed by atoms with E-state index in [0.29, 0.717) is 29.0 Å². The highest BCUT2D eigenvalue weighted by atomic mass is 16.5. The van der Waals surface area contributed by atoms with Crippen molar-refractivity contribution in [1.82, 2.24) is 4.90 Å². The van der Waals surface area contributed by atoms with E-state index in [1.165, 1.54) is 56.2 Å². The minimum atomic E-state index is 0.358. The van der Waals surface area contributed by atoms with Crippen molar-refractivity contribution in [3.8, 4) is 5.75 Å². The summed E-state index contributed by atoms with van der Waals surface area (Å²) in [5.41, 5.74) is 4.96. The molecular weight excluding hydrogens is 370 g/mol. The third-order valence-electron chi connectivity index (χ3n) is 9.33. The van der Waals surface area contributed by atoms with Gasteiger partial charge in [0.25, 0.3) is 0 Å². The Bertz CT molecular complexity index is 817. The van der Waals surface area contributed by atoms with Crippen LogP contribution in [-0.2, 0) is 11.2 Å². The molecule has 1 N–H and O–H groups in total. The summed E-state index contributed by atoms with van der Waals surface area (Å²) >= 11 is 0. The van der Waals surface area contributed by atoms with Crippen LogP contribution < -0.4 is 0 Å². The molecular formula is C27H39NO2. The fraction of sp³-hybridized carbons (Fsp3) is 0.704. The van der Waals surface area contributed by atoms with E-state index in [2.05, 4.69) is 37.9 Å². The normalized spacial score (nSPS) is 39.7. The van der Waals surface area contributed by atoms with Crippen LogP contribution in [0.1, 0.15) is 69.4 Å². The van der Waals surface area contributed by atoms with E-state index in [9.17, 15) is 5.11 Å². The molecule has 164 valence electrons. The van der Waals surface area contributed by atoms with Gasteiger partial charge in [0, 0.05) is 6.04 Å². The summed E-state index contributed by atoms with van der Waals surface area (Å²) in [6.07, 6.45) is 11.3. The number of ether oxygens (including phenoxy) is 1. The zero-order chi connectivity index (χ0) is 20.9. The van der Waals surface area contributed by atoms with Crippen molar-refractivity contribution in [1.29, 1.82) is 0 Å². The lowest BCUT2D eigenvalue weighted by atomic mass is 9.52. The first-order chi connectivity index (χ1) is 14.5. The van der Waals surface area contributed by atoms with E-state index in [0.717, 1.165) is 31.5 Å². The molecule has 1 heterocycles. The Morgan fingerprint density at radius 1 is 1.27 bits per heavy atom. The highest BCUT2D eigenvalue weighted by Crippen LogP contribution is 2.63. The molecule has 4 aliphatic rings. The first kappa shape index (κ1) is 20.6. The first-order valence-corrected chi connectivity index (χ1v) is 12.3. The molecule has 0 bridgehead atoms. The summed E-state index contributed by atoms with van der Waals surface area (Å²) in [7, 11) is 2.23. The molecule has 30 heavy (non-hydrogen) atoms. The molecule has 2 saturated carbocycles. The predicted octanol–water partition coefficient (Wildman–Crippen LogP) is 5.53. The quantitative estimate of drug-likeness (QED) is 0.524. The van der Waals surface area contributed by atoms with Crippen LogP contribution in [0.5, 0.6) is 5.75 Å². The van der Waals surface area contributed by atoms with Crippen molar-refractivity contribution in [3.05, 3.63) is 41.0 Å². The molecule has 0 spiro atoms. The van der Waals surface area contributed by atoms with Gasteiger partial charge in [-0.2, -0.15) is 0 Å². The summed E-state index contributed by atoms with van der Waals surface area (Å²) in [6, 6.07) is 6.76. The number of benzene rings is 1. The second-order valence-electron chi connectivity index (χ2n) is 10.9. The van der Waals surface area contributed by atoms with E-state index in [4.69, 9.17) is 4.74 Å². The van der Waals surface area contributed by atoms with E-state index < -0.39 is 0 Å². The summed E-state index contributed by atoms with van der Waals surface area (Å²) < 4.78 is 6.12. The third kappa shape index (κ3) is 3.42. The first-order valence-electron chi connectivity index (χ1n) is 12.3. The number of allylic oxidation sites excluding steroid dienone is 1. The largest absolute Gasteiger partial charge is 0.508 e. The molecule has 4 unspecified atom stereocenters. The van der Waals surface area contributed by atoms with Crippen molar-refractivity contribution in [2.24, 2.45) is 23.2 Å². The molecule has 3 aliphatic carbocycles. The van der Waals surface area contributed by atoms with Crippen molar-refractivity contribution < 1.29 is 9.84 Å². The number of likely N-dealkylation sites (tertiary alicyclic amines) is 1. The topological polar surface area (TPSA) is 32.7 Å².